The summed E-state index contributed by atoms with van der Waals surface area (Å²) in [5.74, 6) is 0.101. The molecule has 3 heteroatoms. The molecular formula is C18H20N2O. The van der Waals surface area contributed by atoms with E-state index >= 15 is 0 Å². The molecule has 2 aromatic rings. The number of benzene rings is 2. The Morgan fingerprint density at radius 2 is 1.76 bits per heavy atom. The Balaban J connectivity index is 1.80. The number of carbonyl (C=O) groups excluding carboxylic acids is 1. The Bertz CT molecular complexity index is 645. The van der Waals surface area contributed by atoms with E-state index in [-0.39, 0.29) is 11.3 Å². The molecule has 1 aliphatic rings. The van der Waals surface area contributed by atoms with Crippen LogP contribution in [0, 0.1) is 0 Å². The first-order chi connectivity index (χ1) is 10.1. The number of nitrogens with one attached hydrogen (secondary N) is 1. The molecule has 1 N–H and O–H groups in total. The summed E-state index contributed by atoms with van der Waals surface area (Å²) in [5, 5.41) is 3.07. The van der Waals surface area contributed by atoms with Gasteiger partial charge in [-0.05, 0) is 36.6 Å². The lowest BCUT2D eigenvalue weighted by Gasteiger charge is -2.17. The summed E-state index contributed by atoms with van der Waals surface area (Å²) < 4.78 is 0. The van der Waals surface area contributed by atoms with Crippen molar-refractivity contribution in [1.82, 2.24) is 0 Å². The lowest BCUT2D eigenvalue weighted by molar-refractivity contribution is -0.118. The number of amides is 1. The Kier molecular flexibility index (Phi) is 3.42. The zero-order chi connectivity index (χ0) is 14.9. The summed E-state index contributed by atoms with van der Waals surface area (Å²) in [6, 6.07) is 18.0. The summed E-state index contributed by atoms with van der Waals surface area (Å²) in [6.45, 7) is 0. The van der Waals surface area contributed by atoms with Crippen LogP contribution in [0.5, 0.6) is 0 Å². The fraction of sp³-hybridized carbons (Fsp3) is 0.278. The molecular weight excluding hydrogens is 260 g/mol. The number of hydrogen-bond donors (Lipinski definition) is 1. The normalized spacial score (nSPS) is 15.3. The van der Waals surface area contributed by atoms with Crippen LogP contribution < -0.4 is 10.2 Å². The van der Waals surface area contributed by atoms with E-state index in [1.165, 1.54) is 0 Å². The zero-order valence-corrected chi connectivity index (χ0v) is 12.5. The second-order valence-corrected chi connectivity index (χ2v) is 5.85. The molecule has 21 heavy (non-hydrogen) atoms. The van der Waals surface area contributed by atoms with Crippen molar-refractivity contribution in [2.24, 2.45) is 0 Å². The Hall–Kier alpha value is -2.29. The highest BCUT2D eigenvalue weighted by molar-refractivity contribution is 6.01. The molecule has 1 amide bonds. The first-order valence-electron chi connectivity index (χ1n) is 7.26. The van der Waals surface area contributed by atoms with Gasteiger partial charge in [0, 0.05) is 25.5 Å². The van der Waals surface area contributed by atoms with E-state index in [0.29, 0.717) is 0 Å². The minimum atomic E-state index is -0.324. The van der Waals surface area contributed by atoms with Crippen LogP contribution in [-0.2, 0) is 10.2 Å². The van der Waals surface area contributed by atoms with Crippen molar-refractivity contribution in [2.75, 3.05) is 24.3 Å². The molecule has 1 fully saturated rings. The van der Waals surface area contributed by atoms with Crippen LogP contribution in [-0.4, -0.2) is 20.0 Å². The van der Waals surface area contributed by atoms with Gasteiger partial charge in [-0.3, -0.25) is 4.79 Å². The number of hydrogen-bond acceptors (Lipinski definition) is 2. The van der Waals surface area contributed by atoms with Crippen LogP contribution in [0.3, 0.4) is 0 Å². The van der Waals surface area contributed by atoms with Gasteiger partial charge in [0.2, 0.25) is 5.91 Å². The standard InChI is InChI=1S/C18H20N2O/c1-20(2)16-10-6-9-15(13-16)19-17(21)18(11-12-18)14-7-4-3-5-8-14/h3-10,13H,11-12H2,1-2H3,(H,19,21). The van der Waals surface area contributed by atoms with Gasteiger partial charge in [-0.25, -0.2) is 0 Å². The predicted octanol–water partition coefficient (Wildman–Crippen LogP) is 3.42. The molecule has 0 unspecified atom stereocenters. The third-order valence-corrected chi connectivity index (χ3v) is 4.13. The number of nitrogens with zero attached hydrogens (tertiary/aromatic N) is 1. The van der Waals surface area contributed by atoms with Crippen LogP contribution in [0.25, 0.3) is 0 Å². The summed E-state index contributed by atoms with van der Waals surface area (Å²) in [6.07, 6.45) is 1.85. The first-order valence-corrected chi connectivity index (χ1v) is 7.26. The van der Waals surface area contributed by atoms with E-state index in [9.17, 15) is 4.79 Å². The third-order valence-electron chi connectivity index (χ3n) is 4.13. The predicted molar refractivity (Wildman–Crippen MR) is 86.8 cm³/mol. The first kappa shape index (κ1) is 13.7. The van der Waals surface area contributed by atoms with E-state index in [0.717, 1.165) is 29.8 Å². The average Bonchev–Trinajstić information content (AvgIpc) is 3.30. The topological polar surface area (TPSA) is 32.3 Å². The molecule has 3 rings (SSSR count). The summed E-state index contributed by atoms with van der Waals surface area (Å²) in [5.41, 5.74) is 2.73. The Morgan fingerprint density at radius 1 is 1.05 bits per heavy atom. The van der Waals surface area contributed by atoms with Crippen LogP contribution >= 0.6 is 0 Å². The van der Waals surface area contributed by atoms with Gasteiger partial charge in [0.25, 0.3) is 0 Å². The quantitative estimate of drug-likeness (QED) is 0.930. The van der Waals surface area contributed by atoms with E-state index in [1.807, 2.05) is 73.6 Å². The average molecular weight is 280 g/mol. The minimum Gasteiger partial charge on any atom is -0.378 e. The summed E-state index contributed by atoms with van der Waals surface area (Å²) in [7, 11) is 3.99. The number of carbonyl (C=O) groups is 1. The van der Waals surface area contributed by atoms with Gasteiger partial charge in [0.15, 0.2) is 0 Å². The van der Waals surface area contributed by atoms with Crippen molar-refractivity contribution in [2.45, 2.75) is 18.3 Å². The molecule has 0 saturated heterocycles. The highest BCUT2D eigenvalue weighted by Gasteiger charge is 2.51. The third kappa shape index (κ3) is 2.64. The molecule has 0 atom stereocenters. The largest absolute Gasteiger partial charge is 0.378 e. The second-order valence-electron chi connectivity index (χ2n) is 5.85. The van der Waals surface area contributed by atoms with Crippen molar-refractivity contribution < 1.29 is 4.79 Å². The van der Waals surface area contributed by atoms with E-state index in [2.05, 4.69) is 5.32 Å². The highest BCUT2D eigenvalue weighted by Crippen LogP contribution is 2.48. The van der Waals surface area contributed by atoms with Crippen LogP contribution in [0.4, 0.5) is 11.4 Å². The lowest BCUT2D eigenvalue weighted by atomic mass is 9.95. The molecule has 0 aromatic heterocycles. The van der Waals surface area contributed by atoms with Crippen molar-refractivity contribution in [1.29, 1.82) is 0 Å². The van der Waals surface area contributed by atoms with Gasteiger partial charge >= 0.3 is 0 Å². The van der Waals surface area contributed by atoms with Crippen molar-refractivity contribution in [3.05, 3.63) is 60.2 Å². The smallest absolute Gasteiger partial charge is 0.235 e. The van der Waals surface area contributed by atoms with Crippen molar-refractivity contribution in [3.63, 3.8) is 0 Å². The maximum absolute atomic E-state index is 12.7. The van der Waals surface area contributed by atoms with Crippen LogP contribution in [0.15, 0.2) is 54.6 Å². The monoisotopic (exact) mass is 280 g/mol. The van der Waals surface area contributed by atoms with Crippen LogP contribution in [0.2, 0.25) is 0 Å². The number of rotatable bonds is 4. The van der Waals surface area contributed by atoms with Crippen molar-refractivity contribution in [3.8, 4) is 0 Å². The molecule has 0 bridgehead atoms. The fourth-order valence-corrected chi connectivity index (χ4v) is 2.64. The van der Waals surface area contributed by atoms with Gasteiger partial charge in [0.05, 0.1) is 5.41 Å². The molecule has 0 radical (unpaired) electrons. The van der Waals surface area contributed by atoms with Gasteiger partial charge in [0.1, 0.15) is 0 Å². The molecule has 0 heterocycles. The number of anilines is 2. The van der Waals surface area contributed by atoms with Gasteiger partial charge in [-0.15, -0.1) is 0 Å². The van der Waals surface area contributed by atoms with E-state index in [1.54, 1.807) is 0 Å². The summed E-state index contributed by atoms with van der Waals surface area (Å²) >= 11 is 0. The lowest BCUT2D eigenvalue weighted by Crippen LogP contribution is -2.27. The zero-order valence-electron chi connectivity index (χ0n) is 12.5. The Labute approximate surface area is 125 Å². The fourth-order valence-electron chi connectivity index (χ4n) is 2.64. The molecule has 3 nitrogen and oxygen atoms in total. The highest BCUT2D eigenvalue weighted by atomic mass is 16.2. The van der Waals surface area contributed by atoms with E-state index < -0.39 is 0 Å². The van der Waals surface area contributed by atoms with Crippen molar-refractivity contribution >= 4 is 17.3 Å². The van der Waals surface area contributed by atoms with Gasteiger partial charge in [-0.2, -0.15) is 0 Å². The molecule has 0 spiro atoms. The summed E-state index contributed by atoms with van der Waals surface area (Å²) in [4.78, 5) is 14.7. The SMILES string of the molecule is CN(C)c1cccc(NC(=O)C2(c3ccccc3)CC2)c1. The minimum absolute atomic E-state index is 0.101. The maximum Gasteiger partial charge on any atom is 0.235 e. The molecule has 108 valence electrons. The molecule has 2 aromatic carbocycles. The molecule has 1 saturated carbocycles. The maximum atomic E-state index is 12.7. The van der Waals surface area contributed by atoms with Gasteiger partial charge in [-0.1, -0.05) is 36.4 Å². The molecule has 1 aliphatic carbocycles. The van der Waals surface area contributed by atoms with Crippen LogP contribution in [0.1, 0.15) is 18.4 Å². The Morgan fingerprint density at radius 3 is 2.38 bits per heavy atom. The second kappa shape index (κ2) is 5.24. The van der Waals surface area contributed by atoms with E-state index in [4.69, 9.17) is 0 Å². The molecule has 0 aliphatic heterocycles. The van der Waals surface area contributed by atoms with Gasteiger partial charge < -0.3 is 10.2 Å².